The Kier molecular flexibility index (Phi) is 5.54. The van der Waals surface area contributed by atoms with E-state index in [1.807, 2.05) is 48.5 Å². The molecule has 2 fully saturated rings. The van der Waals surface area contributed by atoms with Gasteiger partial charge in [-0.1, -0.05) is 17.7 Å². The largest absolute Gasteiger partial charge is 0.457 e. The summed E-state index contributed by atoms with van der Waals surface area (Å²) in [6.45, 7) is 4.12. The molecule has 2 N–H and O–H groups in total. The number of halogens is 1. The summed E-state index contributed by atoms with van der Waals surface area (Å²) in [7, 11) is 0. The fraction of sp³-hybridized carbons (Fsp3) is 0.381. The predicted octanol–water partition coefficient (Wildman–Crippen LogP) is 4.54. The molecule has 2 aliphatic rings. The monoisotopic (exact) mass is 372 g/mol. The number of nitrogens with one attached hydrogen (secondary N) is 2. The molecule has 138 valence electrons. The summed E-state index contributed by atoms with van der Waals surface area (Å²) in [5.41, 5.74) is 2.30. The topological polar surface area (TPSA) is 50.4 Å². The SMILES string of the molecule is Cc1ccc(Oc2ccc(NC(=O)C3CC34CCNCC4)cc2)cc1.Cl. The van der Waals surface area contributed by atoms with Crippen LogP contribution in [0.4, 0.5) is 5.69 Å². The maximum Gasteiger partial charge on any atom is 0.228 e. The van der Waals surface area contributed by atoms with E-state index in [4.69, 9.17) is 4.74 Å². The van der Waals surface area contributed by atoms with Gasteiger partial charge < -0.3 is 15.4 Å². The number of hydrogen-bond donors (Lipinski definition) is 2. The first kappa shape index (κ1) is 18.7. The van der Waals surface area contributed by atoms with E-state index in [9.17, 15) is 4.79 Å². The van der Waals surface area contributed by atoms with Crippen molar-refractivity contribution < 1.29 is 9.53 Å². The quantitative estimate of drug-likeness (QED) is 0.828. The number of carbonyl (C=O) groups is 1. The number of hydrogen-bond acceptors (Lipinski definition) is 3. The summed E-state index contributed by atoms with van der Waals surface area (Å²) in [5.74, 6) is 1.92. The number of benzene rings is 2. The minimum atomic E-state index is 0. The molecule has 5 heteroatoms. The lowest BCUT2D eigenvalue weighted by Crippen LogP contribution is -2.31. The zero-order valence-corrected chi connectivity index (χ0v) is 15.8. The molecule has 1 spiro atoms. The Bertz CT molecular complexity index is 753. The molecule has 4 nitrogen and oxygen atoms in total. The Hall–Kier alpha value is -2.04. The van der Waals surface area contributed by atoms with Gasteiger partial charge in [0, 0.05) is 11.6 Å². The molecule has 0 aromatic heterocycles. The summed E-state index contributed by atoms with van der Waals surface area (Å²) >= 11 is 0. The average Bonchev–Trinajstić information content (AvgIpc) is 3.32. The summed E-state index contributed by atoms with van der Waals surface area (Å²) < 4.78 is 5.82. The van der Waals surface area contributed by atoms with Crippen molar-refractivity contribution in [2.45, 2.75) is 26.2 Å². The molecular formula is C21H25ClN2O2. The van der Waals surface area contributed by atoms with Gasteiger partial charge in [0.15, 0.2) is 0 Å². The highest BCUT2D eigenvalue weighted by atomic mass is 35.5. The number of rotatable bonds is 4. The van der Waals surface area contributed by atoms with E-state index in [1.54, 1.807) is 0 Å². The lowest BCUT2D eigenvalue weighted by atomic mass is 9.92. The molecule has 2 aromatic rings. The lowest BCUT2D eigenvalue weighted by Gasteiger charge is -2.23. The Labute approximate surface area is 160 Å². The van der Waals surface area contributed by atoms with Gasteiger partial charge in [-0.3, -0.25) is 4.79 Å². The van der Waals surface area contributed by atoms with Gasteiger partial charge in [-0.05, 0) is 81.1 Å². The van der Waals surface area contributed by atoms with Gasteiger partial charge in [0.25, 0.3) is 0 Å². The second-order valence-corrected chi connectivity index (χ2v) is 7.30. The normalized spacial score (nSPS) is 20.1. The van der Waals surface area contributed by atoms with Crippen LogP contribution in [0.1, 0.15) is 24.8 Å². The van der Waals surface area contributed by atoms with Gasteiger partial charge in [-0.2, -0.15) is 0 Å². The van der Waals surface area contributed by atoms with E-state index in [2.05, 4.69) is 17.6 Å². The number of aryl methyl sites for hydroxylation is 1. The number of carbonyl (C=O) groups excluding carboxylic acids is 1. The van der Waals surface area contributed by atoms with E-state index in [0.29, 0.717) is 0 Å². The highest BCUT2D eigenvalue weighted by Crippen LogP contribution is 2.58. The molecule has 1 aliphatic heterocycles. The maximum absolute atomic E-state index is 12.5. The van der Waals surface area contributed by atoms with Crippen LogP contribution in [0.2, 0.25) is 0 Å². The molecule has 1 amide bonds. The van der Waals surface area contributed by atoms with Crippen molar-refractivity contribution in [2.24, 2.45) is 11.3 Å². The van der Waals surface area contributed by atoms with E-state index >= 15 is 0 Å². The third-order valence-corrected chi connectivity index (χ3v) is 5.48. The van der Waals surface area contributed by atoms with Gasteiger partial charge in [-0.25, -0.2) is 0 Å². The summed E-state index contributed by atoms with van der Waals surface area (Å²) in [4.78, 5) is 12.5. The van der Waals surface area contributed by atoms with Crippen LogP contribution in [0.5, 0.6) is 11.5 Å². The molecule has 1 atom stereocenters. The van der Waals surface area contributed by atoms with Crippen LogP contribution in [0.15, 0.2) is 48.5 Å². The third-order valence-electron chi connectivity index (χ3n) is 5.48. The van der Waals surface area contributed by atoms with Crippen LogP contribution in [0.25, 0.3) is 0 Å². The van der Waals surface area contributed by atoms with Crippen LogP contribution in [0.3, 0.4) is 0 Å². The van der Waals surface area contributed by atoms with Gasteiger partial charge in [0.05, 0.1) is 0 Å². The first-order valence-electron chi connectivity index (χ1n) is 9.01. The second kappa shape index (κ2) is 7.68. The van der Waals surface area contributed by atoms with E-state index in [0.717, 1.165) is 49.5 Å². The molecule has 1 aliphatic carbocycles. The minimum Gasteiger partial charge on any atom is -0.457 e. The molecule has 1 heterocycles. The van der Waals surface area contributed by atoms with E-state index in [-0.39, 0.29) is 29.6 Å². The standard InChI is InChI=1S/C21H24N2O2.ClH/c1-15-2-6-17(7-3-15)25-18-8-4-16(5-9-18)23-20(24)19-14-21(19)10-12-22-13-11-21;/h2-9,19,22H,10-14H2,1H3,(H,23,24);1H. The van der Waals surface area contributed by atoms with Crippen LogP contribution in [-0.2, 0) is 4.79 Å². The fourth-order valence-corrected chi connectivity index (χ4v) is 3.77. The number of ether oxygens (including phenoxy) is 1. The Morgan fingerprint density at radius 3 is 2.23 bits per heavy atom. The molecule has 4 rings (SSSR count). The third kappa shape index (κ3) is 4.02. The van der Waals surface area contributed by atoms with Crippen LogP contribution < -0.4 is 15.4 Å². The molecule has 1 saturated carbocycles. The highest BCUT2D eigenvalue weighted by Gasteiger charge is 2.57. The Balaban J connectivity index is 0.00000196. The van der Waals surface area contributed by atoms with Gasteiger partial charge in [0.2, 0.25) is 5.91 Å². The zero-order chi connectivity index (χ0) is 17.3. The Morgan fingerprint density at radius 2 is 1.62 bits per heavy atom. The first-order chi connectivity index (χ1) is 12.1. The van der Waals surface area contributed by atoms with Crippen molar-refractivity contribution in [3.63, 3.8) is 0 Å². The molecule has 1 saturated heterocycles. The molecular weight excluding hydrogens is 348 g/mol. The van der Waals surface area contributed by atoms with E-state index in [1.165, 1.54) is 5.56 Å². The van der Waals surface area contributed by atoms with Crippen molar-refractivity contribution in [1.29, 1.82) is 0 Å². The molecule has 2 aromatic carbocycles. The lowest BCUT2D eigenvalue weighted by molar-refractivity contribution is -0.118. The molecule has 26 heavy (non-hydrogen) atoms. The van der Waals surface area contributed by atoms with Crippen LogP contribution in [-0.4, -0.2) is 19.0 Å². The summed E-state index contributed by atoms with van der Waals surface area (Å²) in [6, 6.07) is 15.5. The molecule has 0 bridgehead atoms. The number of amides is 1. The molecule has 1 unspecified atom stereocenters. The van der Waals surface area contributed by atoms with Gasteiger partial charge >= 0.3 is 0 Å². The summed E-state index contributed by atoms with van der Waals surface area (Å²) in [5, 5.41) is 6.43. The van der Waals surface area contributed by atoms with Gasteiger partial charge in [-0.15, -0.1) is 12.4 Å². The zero-order valence-electron chi connectivity index (χ0n) is 15.0. The maximum atomic E-state index is 12.5. The van der Waals surface area contributed by atoms with Crippen molar-refractivity contribution in [3.05, 3.63) is 54.1 Å². The average molecular weight is 373 g/mol. The highest BCUT2D eigenvalue weighted by molar-refractivity contribution is 5.95. The summed E-state index contributed by atoms with van der Waals surface area (Å²) in [6.07, 6.45) is 3.28. The predicted molar refractivity (Wildman–Crippen MR) is 106 cm³/mol. The number of piperidine rings is 1. The van der Waals surface area contributed by atoms with E-state index < -0.39 is 0 Å². The second-order valence-electron chi connectivity index (χ2n) is 7.30. The van der Waals surface area contributed by atoms with Gasteiger partial charge in [0.1, 0.15) is 11.5 Å². The Morgan fingerprint density at radius 1 is 1.04 bits per heavy atom. The minimum absolute atomic E-state index is 0. The fourth-order valence-electron chi connectivity index (χ4n) is 3.77. The van der Waals surface area contributed by atoms with Crippen molar-refractivity contribution in [1.82, 2.24) is 5.32 Å². The van der Waals surface area contributed by atoms with Crippen molar-refractivity contribution >= 4 is 24.0 Å². The van der Waals surface area contributed by atoms with Crippen LogP contribution in [0, 0.1) is 18.3 Å². The van der Waals surface area contributed by atoms with Crippen molar-refractivity contribution in [3.8, 4) is 11.5 Å². The number of anilines is 1. The van der Waals surface area contributed by atoms with Crippen LogP contribution >= 0.6 is 12.4 Å². The smallest absolute Gasteiger partial charge is 0.228 e. The van der Waals surface area contributed by atoms with Crippen molar-refractivity contribution in [2.75, 3.05) is 18.4 Å². The molecule has 0 radical (unpaired) electrons. The first-order valence-corrected chi connectivity index (χ1v) is 9.01.